The number of para-hydroxylation sites is 1. The molecule has 1 fully saturated rings. The Morgan fingerprint density at radius 1 is 0.943 bits per heavy atom. The molecule has 194 valence electrons. The molecule has 1 atom stereocenters. The van der Waals surface area contributed by atoms with Gasteiger partial charge in [0.1, 0.15) is 0 Å². The molecule has 35 heavy (non-hydrogen) atoms. The van der Waals surface area contributed by atoms with E-state index in [0.717, 1.165) is 64.3 Å². The Balaban J connectivity index is 0.00000144. The van der Waals surface area contributed by atoms with Gasteiger partial charge in [-0.05, 0) is 67.1 Å². The minimum atomic E-state index is 0. The summed E-state index contributed by atoms with van der Waals surface area (Å²) in [5.74, 6) is 0.149. The van der Waals surface area contributed by atoms with Gasteiger partial charge in [0.25, 0.3) is 0 Å². The van der Waals surface area contributed by atoms with Crippen molar-refractivity contribution in [3.8, 4) is 0 Å². The number of aryl methyl sites for hydroxylation is 1. The fourth-order valence-electron chi connectivity index (χ4n) is 5.78. The number of piperazine rings is 1. The quantitative estimate of drug-likeness (QED) is 0.545. The van der Waals surface area contributed by atoms with Gasteiger partial charge in [0, 0.05) is 56.7 Å². The normalized spacial score (nSPS) is 19.1. The van der Waals surface area contributed by atoms with Gasteiger partial charge in [-0.15, -0.1) is 37.2 Å². The number of anilines is 2. The van der Waals surface area contributed by atoms with Gasteiger partial charge in [0.15, 0.2) is 0 Å². The van der Waals surface area contributed by atoms with Crippen LogP contribution in [0.1, 0.15) is 36.5 Å². The molecule has 0 aromatic heterocycles. The van der Waals surface area contributed by atoms with Crippen molar-refractivity contribution >= 4 is 54.5 Å². The summed E-state index contributed by atoms with van der Waals surface area (Å²) >= 11 is 0. The Kier molecular flexibility index (Phi) is 11.6. The maximum Gasteiger partial charge on any atom is 0.228 e. The van der Waals surface area contributed by atoms with Crippen molar-refractivity contribution in [1.82, 2.24) is 9.80 Å². The van der Waals surface area contributed by atoms with Gasteiger partial charge in [0.2, 0.25) is 5.91 Å². The average Bonchev–Trinajstić information content (AvgIpc) is 3.23. The van der Waals surface area contributed by atoms with Crippen molar-refractivity contribution < 1.29 is 4.79 Å². The first kappa shape index (κ1) is 29.7. The van der Waals surface area contributed by atoms with E-state index in [1.54, 1.807) is 0 Å². The second kappa shape index (κ2) is 13.7. The molecular formula is C27H39Cl3N4O. The molecule has 8 heteroatoms. The zero-order valence-corrected chi connectivity index (χ0v) is 23.0. The molecule has 1 aliphatic carbocycles. The van der Waals surface area contributed by atoms with Crippen LogP contribution < -0.4 is 10.2 Å². The Hall–Kier alpha value is -1.50. The summed E-state index contributed by atoms with van der Waals surface area (Å²) in [6.07, 6.45) is 5.21. The number of fused-ring (bicyclic) bond motifs is 3. The predicted molar refractivity (Wildman–Crippen MR) is 153 cm³/mol. The smallest absolute Gasteiger partial charge is 0.228 e. The molecule has 1 saturated heterocycles. The van der Waals surface area contributed by atoms with E-state index in [9.17, 15) is 4.79 Å². The number of hydrogen-bond acceptors (Lipinski definition) is 4. The van der Waals surface area contributed by atoms with Crippen LogP contribution in [0, 0.1) is 0 Å². The van der Waals surface area contributed by atoms with E-state index >= 15 is 0 Å². The van der Waals surface area contributed by atoms with E-state index in [-0.39, 0.29) is 43.1 Å². The second-order valence-electron chi connectivity index (χ2n) is 9.55. The number of nitrogens with zero attached hydrogens (tertiary/aromatic N) is 3. The van der Waals surface area contributed by atoms with Crippen LogP contribution in [0.4, 0.5) is 11.4 Å². The standard InChI is InChI=1S/C27H36N4O.3ClH/c1-2-12-30(16-13-29-14-17-31(18-15-29)22-6-4-3-5-7-22)23-10-8-21-9-11-26-25(24(21)19-23)20-27(32)28-26;;;/h3-7,9,11,23H,2,8,10,12-20H2,1H3,(H,28,32);3*1H. The highest BCUT2D eigenvalue weighted by Crippen LogP contribution is 2.34. The third kappa shape index (κ3) is 6.84. The molecule has 2 heterocycles. The van der Waals surface area contributed by atoms with Gasteiger partial charge < -0.3 is 10.2 Å². The van der Waals surface area contributed by atoms with Crippen LogP contribution in [0.15, 0.2) is 42.5 Å². The summed E-state index contributed by atoms with van der Waals surface area (Å²) in [6.45, 7) is 10.3. The van der Waals surface area contributed by atoms with Crippen LogP contribution in [0.5, 0.6) is 0 Å². The SMILES string of the molecule is CCCN(CCN1CCN(c2ccccc2)CC1)C1CCc2ccc3c(c2C1)CC(=O)N3.Cl.Cl.Cl. The molecule has 0 radical (unpaired) electrons. The van der Waals surface area contributed by atoms with Crippen molar-refractivity contribution in [3.05, 3.63) is 59.2 Å². The van der Waals surface area contributed by atoms with E-state index in [2.05, 4.69) is 69.4 Å². The minimum absolute atomic E-state index is 0. The largest absolute Gasteiger partial charge is 0.369 e. The van der Waals surface area contributed by atoms with Crippen molar-refractivity contribution in [2.45, 2.75) is 45.1 Å². The number of carbonyl (C=O) groups is 1. The van der Waals surface area contributed by atoms with Crippen molar-refractivity contribution in [3.63, 3.8) is 0 Å². The lowest BCUT2D eigenvalue weighted by Crippen LogP contribution is -2.50. The predicted octanol–water partition coefficient (Wildman–Crippen LogP) is 4.84. The van der Waals surface area contributed by atoms with Crippen molar-refractivity contribution in [2.75, 3.05) is 56.0 Å². The Morgan fingerprint density at radius 3 is 2.40 bits per heavy atom. The third-order valence-electron chi connectivity index (χ3n) is 7.55. The van der Waals surface area contributed by atoms with E-state index in [4.69, 9.17) is 0 Å². The highest BCUT2D eigenvalue weighted by atomic mass is 35.5. The number of nitrogens with one attached hydrogen (secondary N) is 1. The van der Waals surface area contributed by atoms with Gasteiger partial charge in [-0.25, -0.2) is 0 Å². The average molecular weight is 542 g/mol. The number of benzene rings is 2. The third-order valence-corrected chi connectivity index (χ3v) is 7.55. The zero-order chi connectivity index (χ0) is 21.9. The van der Waals surface area contributed by atoms with E-state index < -0.39 is 0 Å². The van der Waals surface area contributed by atoms with Crippen LogP contribution in [0.2, 0.25) is 0 Å². The summed E-state index contributed by atoms with van der Waals surface area (Å²) in [4.78, 5) is 19.8. The van der Waals surface area contributed by atoms with Gasteiger partial charge in [-0.2, -0.15) is 0 Å². The molecule has 0 spiro atoms. The van der Waals surface area contributed by atoms with E-state index in [1.165, 1.54) is 35.2 Å². The van der Waals surface area contributed by atoms with Gasteiger partial charge in [-0.1, -0.05) is 31.2 Å². The molecule has 3 aliphatic rings. The van der Waals surface area contributed by atoms with Gasteiger partial charge >= 0.3 is 0 Å². The lowest BCUT2D eigenvalue weighted by Gasteiger charge is -2.39. The molecule has 0 saturated carbocycles. The van der Waals surface area contributed by atoms with Gasteiger partial charge in [0.05, 0.1) is 6.42 Å². The highest BCUT2D eigenvalue weighted by molar-refractivity contribution is 5.99. The summed E-state index contributed by atoms with van der Waals surface area (Å²) in [6, 6.07) is 15.7. The highest BCUT2D eigenvalue weighted by Gasteiger charge is 2.30. The van der Waals surface area contributed by atoms with Crippen LogP contribution in [-0.2, 0) is 24.1 Å². The first-order chi connectivity index (χ1) is 15.7. The van der Waals surface area contributed by atoms with Gasteiger partial charge in [-0.3, -0.25) is 14.6 Å². The topological polar surface area (TPSA) is 38.8 Å². The Morgan fingerprint density at radius 2 is 1.69 bits per heavy atom. The number of rotatable bonds is 7. The molecule has 5 rings (SSSR count). The molecule has 1 amide bonds. The maximum atomic E-state index is 12.0. The molecule has 2 aromatic rings. The van der Waals surface area contributed by atoms with Crippen LogP contribution >= 0.6 is 37.2 Å². The molecule has 0 bridgehead atoms. The number of amides is 1. The molecule has 2 aliphatic heterocycles. The molecule has 2 aromatic carbocycles. The fourth-order valence-corrected chi connectivity index (χ4v) is 5.78. The first-order valence-corrected chi connectivity index (χ1v) is 12.4. The summed E-state index contributed by atoms with van der Waals surface area (Å²) in [5.41, 5.74) is 6.58. The first-order valence-electron chi connectivity index (χ1n) is 12.4. The number of halogens is 3. The van der Waals surface area contributed by atoms with Crippen LogP contribution in [0.3, 0.4) is 0 Å². The molecule has 5 nitrogen and oxygen atoms in total. The van der Waals surface area contributed by atoms with Crippen LogP contribution in [-0.4, -0.2) is 67.6 Å². The number of carbonyl (C=O) groups excluding carboxylic acids is 1. The van der Waals surface area contributed by atoms with Crippen molar-refractivity contribution in [2.24, 2.45) is 0 Å². The van der Waals surface area contributed by atoms with E-state index in [1.807, 2.05) is 0 Å². The second-order valence-corrected chi connectivity index (χ2v) is 9.55. The lowest BCUT2D eigenvalue weighted by molar-refractivity contribution is -0.115. The lowest BCUT2D eigenvalue weighted by atomic mass is 9.83. The Labute approximate surface area is 228 Å². The number of hydrogen-bond donors (Lipinski definition) is 1. The zero-order valence-electron chi connectivity index (χ0n) is 20.6. The molecule has 1 N–H and O–H groups in total. The molecule has 1 unspecified atom stereocenters. The van der Waals surface area contributed by atoms with E-state index in [0.29, 0.717) is 12.5 Å². The minimum Gasteiger partial charge on any atom is -0.369 e. The summed E-state index contributed by atoms with van der Waals surface area (Å²) in [5, 5.41) is 3.04. The summed E-state index contributed by atoms with van der Waals surface area (Å²) in [7, 11) is 0. The van der Waals surface area contributed by atoms with Crippen molar-refractivity contribution in [1.29, 1.82) is 0 Å². The maximum absolute atomic E-state index is 12.0. The van der Waals surface area contributed by atoms with Crippen LogP contribution in [0.25, 0.3) is 0 Å². The summed E-state index contributed by atoms with van der Waals surface area (Å²) < 4.78 is 0. The fraction of sp³-hybridized carbons (Fsp3) is 0.519. The Bertz CT molecular complexity index is 951. The molecular weight excluding hydrogens is 503 g/mol. The monoisotopic (exact) mass is 540 g/mol.